The monoisotopic (exact) mass is 262 g/mol. The number of nitrogens with two attached hydrogens (primary N) is 1. The second-order valence-electron chi connectivity index (χ2n) is 3.35. The van der Waals surface area contributed by atoms with Crippen molar-refractivity contribution in [2.24, 2.45) is 12.8 Å². The Bertz CT molecular complexity index is 466. The Morgan fingerprint density at radius 1 is 1.69 bits per heavy atom. The third-order valence-electron chi connectivity index (χ3n) is 1.85. The molecule has 0 fully saturated rings. The zero-order chi connectivity index (χ0) is 12.2. The van der Waals surface area contributed by atoms with E-state index in [1.54, 1.807) is 11.6 Å². The lowest BCUT2D eigenvalue weighted by molar-refractivity contribution is 0.576. The van der Waals surface area contributed by atoms with Crippen molar-refractivity contribution in [3.8, 4) is 0 Å². The van der Waals surface area contributed by atoms with Gasteiger partial charge < -0.3 is 10.3 Å². The molecule has 0 aromatic carbocycles. The molecule has 0 radical (unpaired) electrons. The van der Waals surface area contributed by atoms with Crippen LogP contribution < -0.4 is 10.5 Å². The molecule has 1 aromatic rings. The highest BCUT2D eigenvalue weighted by molar-refractivity contribution is 7.89. The highest BCUT2D eigenvalue weighted by Crippen LogP contribution is 2.03. The minimum absolute atomic E-state index is 0.0188. The van der Waals surface area contributed by atoms with E-state index in [4.69, 9.17) is 5.73 Å². The largest absolute Gasteiger partial charge is 0.393 e. The van der Waals surface area contributed by atoms with Crippen LogP contribution in [0.5, 0.6) is 0 Å². The molecule has 0 saturated heterocycles. The second kappa shape index (κ2) is 5.37. The molecule has 1 aromatic heterocycles. The number of thiocarbonyl (C=S) groups is 1. The summed E-state index contributed by atoms with van der Waals surface area (Å²) in [6, 6.07) is 0. The van der Waals surface area contributed by atoms with Crippen LogP contribution in [0.3, 0.4) is 0 Å². The summed E-state index contributed by atoms with van der Waals surface area (Å²) in [7, 11) is -1.80. The smallest absolute Gasteiger partial charge is 0.259 e. The van der Waals surface area contributed by atoms with E-state index in [-0.39, 0.29) is 5.03 Å². The van der Waals surface area contributed by atoms with Crippen molar-refractivity contribution in [1.82, 2.24) is 14.3 Å². The zero-order valence-corrected chi connectivity index (χ0v) is 10.5. The highest BCUT2D eigenvalue weighted by atomic mass is 32.2. The molecule has 0 unspecified atom stereocenters. The van der Waals surface area contributed by atoms with Gasteiger partial charge in [0.15, 0.2) is 5.03 Å². The minimum Gasteiger partial charge on any atom is -0.393 e. The number of hydrogen-bond acceptors (Lipinski definition) is 4. The molecule has 0 aliphatic carbocycles. The van der Waals surface area contributed by atoms with Crippen LogP contribution in [0.2, 0.25) is 0 Å². The number of nitrogens with zero attached hydrogens (tertiary/aromatic N) is 2. The number of imidazole rings is 1. The van der Waals surface area contributed by atoms with Crippen molar-refractivity contribution in [2.45, 2.75) is 17.9 Å². The van der Waals surface area contributed by atoms with E-state index in [9.17, 15) is 8.42 Å². The summed E-state index contributed by atoms with van der Waals surface area (Å²) in [6.07, 6.45) is 3.99. The summed E-state index contributed by atoms with van der Waals surface area (Å²) in [6.45, 7) is 0.302. The first-order valence-electron chi connectivity index (χ1n) is 4.68. The second-order valence-corrected chi connectivity index (χ2v) is 5.58. The summed E-state index contributed by atoms with van der Waals surface area (Å²) in [4.78, 5) is 4.15. The Hall–Kier alpha value is -0.990. The topological polar surface area (TPSA) is 90.0 Å². The van der Waals surface area contributed by atoms with Crippen molar-refractivity contribution < 1.29 is 8.42 Å². The molecule has 0 saturated carbocycles. The van der Waals surface area contributed by atoms with Gasteiger partial charge in [0.2, 0.25) is 0 Å². The van der Waals surface area contributed by atoms with Crippen molar-refractivity contribution >= 4 is 27.2 Å². The number of aryl methyl sites for hydroxylation is 1. The van der Waals surface area contributed by atoms with Gasteiger partial charge in [0, 0.05) is 19.8 Å². The van der Waals surface area contributed by atoms with Crippen LogP contribution in [0.15, 0.2) is 17.6 Å². The van der Waals surface area contributed by atoms with E-state index in [0.29, 0.717) is 24.4 Å². The maximum Gasteiger partial charge on any atom is 0.259 e. The molecule has 0 bridgehead atoms. The summed E-state index contributed by atoms with van der Waals surface area (Å²) >= 11 is 4.68. The molecule has 0 amide bonds. The van der Waals surface area contributed by atoms with Gasteiger partial charge in [0.1, 0.15) is 0 Å². The van der Waals surface area contributed by atoms with Gasteiger partial charge in [0.25, 0.3) is 10.0 Å². The molecule has 6 nitrogen and oxygen atoms in total. The van der Waals surface area contributed by atoms with E-state index < -0.39 is 10.0 Å². The molecular formula is C8H14N4O2S2. The summed E-state index contributed by atoms with van der Waals surface area (Å²) in [5.41, 5.74) is 5.30. The van der Waals surface area contributed by atoms with Gasteiger partial charge in [-0.1, -0.05) is 12.2 Å². The number of hydrogen-bond donors (Lipinski definition) is 2. The molecular weight excluding hydrogens is 248 g/mol. The number of nitrogens with one attached hydrogen (secondary N) is 1. The molecule has 8 heteroatoms. The maximum atomic E-state index is 11.6. The normalized spacial score (nSPS) is 11.6. The fourth-order valence-electron chi connectivity index (χ4n) is 1.07. The first-order valence-corrected chi connectivity index (χ1v) is 6.57. The molecule has 0 aliphatic rings. The third-order valence-corrected chi connectivity index (χ3v) is 3.40. The summed E-state index contributed by atoms with van der Waals surface area (Å²) in [5, 5.41) is 0.0188. The van der Waals surface area contributed by atoms with Crippen molar-refractivity contribution in [2.75, 3.05) is 6.54 Å². The summed E-state index contributed by atoms with van der Waals surface area (Å²) in [5.74, 6) is 0. The van der Waals surface area contributed by atoms with E-state index in [1.165, 1.54) is 12.5 Å². The Morgan fingerprint density at radius 3 is 2.88 bits per heavy atom. The summed E-state index contributed by atoms with van der Waals surface area (Å²) < 4.78 is 27.3. The standard InChI is InChI=1S/C8H14N4O2S2/c1-12-5-8(10-6-12)16(13,14)11-4-2-3-7(9)15/h5-6,11H,2-4H2,1H3,(H2,9,15). The number of sulfonamides is 1. The fourth-order valence-corrected chi connectivity index (χ4v) is 2.27. The molecule has 1 rings (SSSR count). The van der Waals surface area contributed by atoms with Crippen LogP contribution in [0.25, 0.3) is 0 Å². The number of aromatic nitrogens is 2. The van der Waals surface area contributed by atoms with Gasteiger partial charge in [-0.25, -0.2) is 18.1 Å². The molecule has 0 spiro atoms. The molecule has 3 N–H and O–H groups in total. The lowest BCUT2D eigenvalue weighted by Gasteiger charge is -2.03. The average molecular weight is 262 g/mol. The predicted molar refractivity (Wildman–Crippen MR) is 64.4 cm³/mol. The van der Waals surface area contributed by atoms with Crippen LogP contribution in [-0.2, 0) is 17.1 Å². The quantitative estimate of drug-likeness (QED) is 0.546. The van der Waals surface area contributed by atoms with Gasteiger partial charge in [-0.3, -0.25) is 0 Å². The molecule has 16 heavy (non-hydrogen) atoms. The van der Waals surface area contributed by atoms with Crippen LogP contribution in [0.1, 0.15) is 12.8 Å². The van der Waals surface area contributed by atoms with Gasteiger partial charge in [-0.15, -0.1) is 0 Å². The Morgan fingerprint density at radius 2 is 2.38 bits per heavy atom. The first-order chi connectivity index (χ1) is 7.42. The van der Waals surface area contributed by atoms with E-state index in [2.05, 4.69) is 21.9 Å². The minimum atomic E-state index is -3.50. The maximum absolute atomic E-state index is 11.6. The van der Waals surface area contributed by atoms with Gasteiger partial charge in [0.05, 0.1) is 11.3 Å². The van der Waals surface area contributed by atoms with Crippen molar-refractivity contribution in [1.29, 1.82) is 0 Å². The molecule has 0 atom stereocenters. The van der Waals surface area contributed by atoms with Crippen LogP contribution in [0.4, 0.5) is 0 Å². The van der Waals surface area contributed by atoms with Crippen LogP contribution >= 0.6 is 12.2 Å². The molecule has 1 heterocycles. The van der Waals surface area contributed by atoms with Crippen molar-refractivity contribution in [3.63, 3.8) is 0 Å². The molecule has 90 valence electrons. The predicted octanol–water partition coefficient (Wildman–Crippen LogP) is -0.235. The van der Waals surface area contributed by atoms with Gasteiger partial charge >= 0.3 is 0 Å². The first kappa shape index (κ1) is 13.1. The van der Waals surface area contributed by atoms with Crippen LogP contribution in [0, 0.1) is 0 Å². The highest BCUT2D eigenvalue weighted by Gasteiger charge is 2.15. The van der Waals surface area contributed by atoms with E-state index in [0.717, 1.165) is 0 Å². The van der Waals surface area contributed by atoms with Gasteiger partial charge in [-0.05, 0) is 12.8 Å². The number of rotatable bonds is 6. The SMILES string of the molecule is Cn1cnc(S(=O)(=O)NCCCC(N)=S)c1. The van der Waals surface area contributed by atoms with E-state index in [1.807, 2.05) is 0 Å². The van der Waals surface area contributed by atoms with E-state index >= 15 is 0 Å². The Kier molecular flexibility index (Phi) is 4.39. The Labute approximate surface area is 99.9 Å². The molecule has 0 aliphatic heterocycles. The van der Waals surface area contributed by atoms with Crippen molar-refractivity contribution in [3.05, 3.63) is 12.5 Å². The lowest BCUT2D eigenvalue weighted by atomic mass is 10.3. The fraction of sp³-hybridized carbons (Fsp3) is 0.500. The van der Waals surface area contributed by atoms with Crippen LogP contribution in [-0.4, -0.2) is 29.5 Å². The lowest BCUT2D eigenvalue weighted by Crippen LogP contribution is -2.26. The third kappa shape index (κ3) is 3.87. The average Bonchev–Trinajstić information content (AvgIpc) is 2.60. The zero-order valence-electron chi connectivity index (χ0n) is 8.88. The Balaban J connectivity index is 2.50. The van der Waals surface area contributed by atoms with Gasteiger partial charge in [-0.2, -0.15) is 0 Å².